The van der Waals surface area contributed by atoms with Gasteiger partial charge >= 0.3 is 0 Å². The number of nitrogen functional groups attached to an aromatic ring is 1. The number of hydrogen-bond donors (Lipinski definition) is 1. The Morgan fingerprint density at radius 2 is 1.86 bits per heavy atom. The van der Waals surface area contributed by atoms with E-state index in [0.29, 0.717) is 5.82 Å². The smallest absolute Gasteiger partial charge is 0.187 e. The van der Waals surface area contributed by atoms with Gasteiger partial charge in [0.15, 0.2) is 5.82 Å². The maximum absolute atomic E-state index is 5.96. The number of methoxy groups -OCH3 is 1. The van der Waals surface area contributed by atoms with Crippen LogP contribution in [0.3, 0.4) is 0 Å². The first kappa shape index (κ1) is 13.1. The molecule has 1 heterocycles. The number of nitrogens with two attached hydrogens (primary N) is 1. The van der Waals surface area contributed by atoms with Gasteiger partial charge in [0.05, 0.1) is 12.8 Å². The zero-order chi connectivity index (χ0) is 14.8. The van der Waals surface area contributed by atoms with E-state index in [-0.39, 0.29) is 0 Å². The molecule has 0 atom stereocenters. The molecule has 0 unspecified atom stereocenters. The first-order valence-corrected chi connectivity index (χ1v) is 6.49. The van der Waals surface area contributed by atoms with E-state index in [1.54, 1.807) is 11.8 Å². The number of hydrogen-bond acceptors (Lipinski definition) is 5. The highest BCUT2D eigenvalue weighted by atomic mass is 16.5. The third kappa shape index (κ3) is 2.31. The molecule has 0 radical (unpaired) electrons. The molecule has 2 aromatic carbocycles. The lowest BCUT2D eigenvalue weighted by Gasteiger charge is -2.09. The van der Waals surface area contributed by atoms with Crippen LogP contribution >= 0.6 is 0 Å². The van der Waals surface area contributed by atoms with Gasteiger partial charge in [-0.05, 0) is 53.2 Å². The summed E-state index contributed by atoms with van der Waals surface area (Å²) < 4.78 is 6.84. The predicted molar refractivity (Wildman–Crippen MR) is 80.3 cm³/mol. The van der Waals surface area contributed by atoms with Crippen LogP contribution in [0.5, 0.6) is 5.75 Å². The summed E-state index contributed by atoms with van der Waals surface area (Å²) >= 11 is 0. The van der Waals surface area contributed by atoms with Crippen LogP contribution in [-0.4, -0.2) is 27.3 Å². The van der Waals surface area contributed by atoms with Crippen molar-refractivity contribution in [1.82, 2.24) is 20.2 Å². The lowest BCUT2D eigenvalue weighted by atomic mass is 10.1. The molecule has 0 amide bonds. The van der Waals surface area contributed by atoms with Gasteiger partial charge in [0.2, 0.25) is 0 Å². The van der Waals surface area contributed by atoms with Crippen LogP contribution < -0.4 is 10.5 Å². The quantitative estimate of drug-likeness (QED) is 0.745. The Labute approximate surface area is 122 Å². The molecule has 0 aliphatic rings. The van der Waals surface area contributed by atoms with E-state index in [1.165, 1.54) is 0 Å². The van der Waals surface area contributed by atoms with Gasteiger partial charge in [0, 0.05) is 11.3 Å². The van der Waals surface area contributed by atoms with Crippen LogP contribution in [0.2, 0.25) is 0 Å². The Kier molecular flexibility index (Phi) is 3.27. The first-order chi connectivity index (χ1) is 10.2. The second-order valence-corrected chi connectivity index (χ2v) is 4.63. The molecule has 0 fully saturated rings. The molecule has 3 rings (SSSR count). The molecule has 6 nitrogen and oxygen atoms in total. The van der Waals surface area contributed by atoms with E-state index in [2.05, 4.69) is 15.5 Å². The largest absolute Gasteiger partial charge is 0.497 e. The predicted octanol–water partition coefficient (Wildman–Crippen LogP) is 2.23. The minimum absolute atomic E-state index is 0.657. The summed E-state index contributed by atoms with van der Waals surface area (Å²) in [5.74, 6) is 1.44. The van der Waals surface area contributed by atoms with Gasteiger partial charge in [-0.3, -0.25) is 0 Å². The lowest BCUT2D eigenvalue weighted by Crippen LogP contribution is -2.02. The molecule has 0 spiro atoms. The van der Waals surface area contributed by atoms with Gasteiger partial charge in [-0.25, -0.2) is 0 Å². The fourth-order valence-corrected chi connectivity index (χ4v) is 2.15. The van der Waals surface area contributed by atoms with Gasteiger partial charge in [0.1, 0.15) is 5.75 Å². The summed E-state index contributed by atoms with van der Waals surface area (Å²) in [6.45, 7) is 1.96. The SMILES string of the molecule is COc1ccc(-n2nnnc2-c2cccc(N)c2C)cc1. The van der Waals surface area contributed by atoms with Gasteiger partial charge in [0.25, 0.3) is 0 Å². The third-order valence-electron chi connectivity index (χ3n) is 3.40. The molecule has 2 N–H and O–H groups in total. The van der Waals surface area contributed by atoms with Crippen molar-refractivity contribution < 1.29 is 4.74 Å². The van der Waals surface area contributed by atoms with Crippen LogP contribution in [0.1, 0.15) is 5.56 Å². The Morgan fingerprint density at radius 1 is 1.10 bits per heavy atom. The average Bonchev–Trinajstić information content (AvgIpc) is 2.99. The molecule has 1 aromatic heterocycles. The highest BCUT2D eigenvalue weighted by molar-refractivity contribution is 5.68. The standard InChI is InChI=1S/C15H15N5O/c1-10-13(4-3-5-14(10)16)15-17-18-19-20(15)11-6-8-12(21-2)9-7-11/h3-9H,16H2,1-2H3. The minimum atomic E-state index is 0.657. The number of rotatable bonds is 3. The van der Waals surface area contributed by atoms with E-state index >= 15 is 0 Å². The topological polar surface area (TPSA) is 78.8 Å². The van der Waals surface area contributed by atoms with Gasteiger partial charge in [-0.15, -0.1) is 5.10 Å². The highest BCUT2D eigenvalue weighted by Gasteiger charge is 2.13. The number of anilines is 1. The molecule has 0 bridgehead atoms. The van der Waals surface area contributed by atoms with Gasteiger partial charge in [-0.2, -0.15) is 4.68 Å². The maximum Gasteiger partial charge on any atom is 0.187 e. The van der Waals surface area contributed by atoms with E-state index in [0.717, 1.165) is 28.3 Å². The van der Waals surface area contributed by atoms with Crippen LogP contribution in [0.15, 0.2) is 42.5 Å². The molecular formula is C15H15N5O. The first-order valence-electron chi connectivity index (χ1n) is 6.49. The zero-order valence-corrected chi connectivity index (χ0v) is 11.8. The molecule has 106 valence electrons. The van der Waals surface area contributed by atoms with Crippen molar-refractivity contribution in [3.05, 3.63) is 48.0 Å². The maximum atomic E-state index is 5.96. The Balaban J connectivity index is 2.10. The third-order valence-corrected chi connectivity index (χ3v) is 3.40. The molecule has 0 saturated carbocycles. The average molecular weight is 281 g/mol. The summed E-state index contributed by atoms with van der Waals surface area (Å²) in [6, 6.07) is 13.3. The van der Waals surface area contributed by atoms with Crippen LogP contribution in [0.4, 0.5) is 5.69 Å². The van der Waals surface area contributed by atoms with Crippen molar-refractivity contribution in [3.8, 4) is 22.8 Å². The van der Waals surface area contributed by atoms with E-state index in [4.69, 9.17) is 10.5 Å². The Bertz CT molecular complexity index is 764. The zero-order valence-electron chi connectivity index (χ0n) is 11.8. The molecular weight excluding hydrogens is 266 g/mol. The monoisotopic (exact) mass is 281 g/mol. The molecule has 0 aliphatic heterocycles. The van der Waals surface area contributed by atoms with Gasteiger partial charge in [-0.1, -0.05) is 12.1 Å². The van der Waals surface area contributed by atoms with Gasteiger partial charge < -0.3 is 10.5 Å². The van der Waals surface area contributed by atoms with Crippen LogP contribution in [0, 0.1) is 6.92 Å². The van der Waals surface area contributed by atoms with Crippen molar-refractivity contribution >= 4 is 5.69 Å². The fraction of sp³-hybridized carbons (Fsp3) is 0.133. The molecule has 0 saturated heterocycles. The molecule has 3 aromatic rings. The summed E-state index contributed by atoms with van der Waals surface area (Å²) in [7, 11) is 1.63. The Morgan fingerprint density at radius 3 is 2.57 bits per heavy atom. The number of nitrogens with zero attached hydrogens (tertiary/aromatic N) is 4. The van der Waals surface area contributed by atoms with Crippen molar-refractivity contribution in [2.75, 3.05) is 12.8 Å². The number of aromatic nitrogens is 4. The summed E-state index contributed by atoms with van der Waals surface area (Å²) in [5.41, 5.74) is 9.41. The minimum Gasteiger partial charge on any atom is -0.497 e. The second-order valence-electron chi connectivity index (χ2n) is 4.63. The van der Waals surface area contributed by atoms with Crippen LogP contribution in [0.25, 0.3) is 17.1 Å². The second kappa shape index (κ2) is 5.24. The van der Waals surface area contributed by atoms with E-state index in [9.17, 15) is 0 Å². The lowest BCUT2D eigenvalue weighted by molar-refractivity contribution is 0.414. The summed E-state index contributed by atoms with van der Waals surface area (Å²) in [6.07, 6.45) is 0. The van der Waals surface area contributed by atoms with Crippen molar-refractivity contribution in [2.24, 2.45) is 0 Å². The normalized spacial score (nSPS) is 10.6. The van der Waals surface area contributed by atoms with E-state index < -0.39 is 0 Å². The molecule has 0 aliphatic carbocycles. The molecule has 21 heavy (non-hydrogen) atoms. The number of benzene rings is 2. The number of ether oxygens (including phenoxy) is 1. The van der Waals surface area contributed by atoms with Crippen molar-refractivity contribution in [2.45, 2.75) is 6.92 Å². The highest BCUT2D eigenvalue weighted by Crippen LogP contribution is 2.26. The fourth-order valence-electron chi connectivity index (χ4n) is 2.15. The van der Waals surface area contributed by atoms with Crippen LogP contribution in [-0.2, 0) is 0 Å². The van der Waals surface area contributed by atoms with Crippen molar-refractivity contribution in [3.63, 3.8) is 0 Å². The van der Waals surface area contributed by atoms with E-state index in [1.807, 2.05) is 49.4 Å². The summed E-state index contributed by atoms with van der Waals surface area (Å²) in [4.78, 5) is 0. The Hall–Kier alpha value is -2.89. The van der Waals surface area contributed by atoms with Crippen molar-refractivity contribution in [1.29, 1.82) is 0 Å². The molecule has 6 heteroatoms. The summed E-state index contributed by atoms with van der Waals surface area (Å²) in [5, 5.41) is 12.0. The number of tetrazole rings is 1.